The van der Waals surface area contributed by atoms with Gasteiger partial charge in [-0.25, -0.2) is 9.18 Å². The largest absolute Gasteiger partial charge is 0.477 e. The van der Waals surface area contributed by atoms with Gasteiger partial charge in [-0.3, -0.25) is 10.1 Å². The summed E-state index contributed by atoms with van der Waals surface area (Å²) in [5, 5.41) is 14.7. The van der Waals surface area contributed by atoms with Gasteiger partial charge < -0.3 is 5.11 Å². The third kappa shape index (κ3) is 1.83. The van der Waals surface area contributed by atoms with E-state index >= 15 is 0 Å². The van der Waals surface area contributed by atoms with E-state index in [1.165, 1.54) is 18.3 Å². The highest BCUT2D eigenvalue weighted by Crippen LogP contribution is 2.17. The molecule has 0 radical (unpaired) electrons. The Morgan fingerprint density at radius 1 is 1.40 bits per heavy atom. The standard InChI is InChI=1S/C9H6FN3O2/c10-6-1-5(3-11-4-6)7-2-8(9(14)15)13-12-7/h1-4H,(H,12,13)(H,14,15). The minimum Gasteiger partial charge on any atom is -0.477 e. The third-order valence-corrected chi connectivity index (χ3v) is 1.81. The maximum absolute atomic E-state index is 12.8. The van der Waals surface area contributed by atoms with Crippen LogP contribution in [0.3, 0.4) is 0 Å². The van der Waals surface area contributed by atoms with Gasteiger partial charge in [0.2, 0.25) is 0 Å². The maximum Gasteiger partial charge on any atom is 0.353 e. The summed E-state index contributed by atoms with van der Waals surface area (Å²) in [7, 11) is 0. The fourth-order valence-corrected chi connectivity index (χ4v) is 1.13. The Balaban J connectivity index is 2.41. The van der Waals surface area contributed by atoms with Crippen LogP contribution in [0.2, 0.25) is 0 Å². The first-order valence-electron chi connectivity index (χ1n) is 4.06. The number of nitrogens with one attached hydrogen (secondary N) is 1. The van der Waals surface area contributed by atoms with Gasteiger partial charge in [0, 0.05) is 11.8 Å². The smallest absolute Gasteiger partial charge is 0.353 e. The zero-order valence-electron chi connectivity index (χ0n) is 7.44. The molecule has 0 aliphatic rings. The maximum atomic E-state index is 12.8. The molecule has 0 aromatic carbocycles. The van der Waals surface area contributed by atoms with E-state index in [0.717, 1.165) is 6.20 Å². The number of hydrogen-bond donors (Lipinski definition) is 2. The van der Waals surface area contributed by atoms with Crippen molar-refractivity contribution < 1.29 is 14.3 Å². The Morgan fingerprint density at radius 3 is 2.80 bits per heavy atom. The zero-order valence-corrected chi connectivity index (χ0v) is 7.44. The second-order valence-electron chi connectivity index (χ2n) is 2.86. The van der Waals surface area contributed by atoms with E-state index in [1.54, 1.807) is 0 Å². The molecule has 0 spiro atoms. The number of nitrogens with zero attached hydrogens (tertiary/aromatic N) is 2. The Bertz CT molecular complexity index is 510. The summed E-state index contributed by atoms with van der Waals surface area (Å²) >= 11 is 0. The molecule has 2 heterocycles. The van der Waals surface area contributed by atoms with E-state index in [1.807, 2.05) is 0 Å². The van der Waals surface area contributed by atoms with E-state index in [9.17, 15) is 9.18 Å². The van der Waals surface area contributed by atoms with Crippen molar-refractivity contribution in [3.63, 3.8) is 0 Å². The number of carboxylic acids is 1. The monoisotopic (exact) mass is 207 g/mol. The number of aromatic amines is 1. The molecular formula is C9H6FN3O2. The number of H-pyrrole nitrogens is 1. The Labute approximate surface area is 83.6 Å². The minimum atomic E-state index is -1.11. The molecule has 6 heteroatoms. The summed E-state index contributed by atoms with van der Waals surface area (Å²) in [6.45, 7) is 0. The van der Waals surface area contributed by atoms with Crippen LogP contribution in [0, 0.1) is 5.82 Å². The molecule has 2 N–H and O–H groups in total. The lowest BCUT2D eigenvalue weighted by Gasteiger charge is -1.93. The molecule has 2 aromatic rings. The average Bonchev–Trinajstić information content (AvgIpc) is 2.66. The summed E-state index contributed by atoms with van der Waals surface area (Å²) < 4.78 is 12.8. The molecule has 5 nitrogen and oxygen atoms in total. The normalized spacial score (nSPS) is 10.2. The van der Waals surface area contributed by atoms with E-state index in [4.69, 9.17) is 5.11 Å². The van der Waals surface area contributed by atoms with Crippen molar-refractivity contribution in [3.8, 4) is 11.3 Å². The van der Waals surface area contributed by atoms with Gasteiger partial charge in [-0.1, -0.05) is 0 Å². The Morgan fingerprint density at radius 2 is 2.20 bits per heavy atom. The van der Waals surface area contributed by atoms with E-state index in [2.05, 4.69) is 15.2 Å². The Hall–Kier alpha value is -2.24. The SMILES string of the molecule is O=C(O)c1cc(-c2cncc(F)c2)n[nH]1. The van der Waals surface area contributed by atoms with Crippen LogP contribution in [0.25, 0.3) is 11.3 Å². The van der Waals surface area contributed by atoms with Crippen molar-refractivity contribution in [2.24, 2.45) is 0 Å². The molecule has 0 fully saturated rings. The van der Waals surface area contributed by atoms with Crippen molar-refractivity contribution in [2.45, 2.75) is 0 Å². The predicted octanol–water partition coefficient (Wildman–Crippen LogP) is 1.31. The molecule has 0 aliphatic carbocycles. The van der Waals surface area contributed by atoms with Gasteiger partial charge in [0.05, 0.1) is 11.9 Å². The molecule has 0 saturated heterocycles. The van der Waals surface area contributed by atoms with E-state index in [0.29, 0.717) is 11.3 Å². The van der Waals surface area contributed by atoms with Crippen molar-refractivity contribution in [3.05, 3.63) is 36.0 Å². The molecule has 0 atom stereocenters. The third-order valence-electron chi connectivity index (χ3n) is 1.81. The minimum absolute atomic E-state index is 0.0470. The second kappa shape index (κ2) is 3.49. The lowest BCUT2D eigenvalue weighted by molar-refractivity contribution is 0.0690. The lowest BCUT2D eigenvalue weighted by Crippen LogP contribution is -1.95. The summed E-state index contributed by atoms with van der Waals surface area (Å²) in [6.07, 6.45) is 2.47. The first-order valence-corrected chi connectivity index (χ1v) is 4.06. The average molecular weight is 207 g/mol. The van der Waals surface area contributed by atoms with Crippen molar-refractivity contribution in [2.75, 3.05) is 0 Å². The first-order chi connectivity index (χ1) is 7.16. The van der Waals surface area contributed by atoms with Gasteiger partial charge in [0.25, 0.3) is 0 Å². The predicted molar refractivity (Wildman–Crippen MR) is 48.7 cm³/mol. The van der Waals surface area contributed by atoms with Crippen molar-refractivity contribution in [1.29, 1.82) is 0 Å². The quantitative estimate of drug-likeness (QED) is 0.778. The van der Waals surface area contributed by atoms with Crippen LogP contribution in [0.5, 0.6) is 0 Å². The number of halogens is 1. The molecule has 15 heavy (non-hydrogen) atoms. The molecule has 76 valence electrons. The molecule has 0 amide bonds. The summed E-state index contributed by atoms with van der Waals surface area (Å²) in [4.78, 5) is 14.2. The molecule has 2 aromatic heterocycles. The van der Waals surface area contributed by atoms with Crippen LogP contribution in [-0.2, 0) is 0 Å². The number of carboxylic acid groups (broad SMARTS) is 1. The zero-order chi connectivity index (χ0) is 10.8. The number of aromatic carboxylic acids is 1. The highest BCUT2D eigenvalue weighted by Gasteiger charge is 2.09. The fraction of sp³-hybridized carbons (Fsp3) is 0. The highest BCUT2D eigenvalue weighted by atomic mass is 19.1. The van der Waals surface area contributed by atoms with E-state index < -0.39 is 11.8 Å². The van der Waals surface area contributed by atoms with Crippen molar-refractivity contribution in [1.82, 2.24) is 15.2 Å². The van der Waals surface area contributed by atoms with Gasteiger partial charge in [0.15, 0.2) is 0 Å². The molecule has 0 saturated carbocycles. The van der Waals surface area contributed by atoms with Gasteiger partial charge >= 0.3 is 5.97 Å². The topological polar surface area (TPSA) is 78.9 Å². The van der Waals surface area contributed by atoms with Crippen LogP contribution in [0.1, 0.15) is 10.5 Å². The van der Waals surface area contributed by atoms with Gasteiger partial charge in [0.1, 0.15) is 11.5 Å². The number of pyridine rings is 1. The highest BCUT2D eigenvalue weighted by molar-refractivity contribution is 5.86. The van der Waals surface area contributed by atoms with Crippen LogP contribution in [-0.4, -0.2) is 26.3 Å². The molecule has 0 bridgehead atoms. The number of rotatable bonds is 2. The summed E-state index contributed by atoms with van der Waals surface area (Å²) in [5.41, 5.74) is 0.729. The fourth-order valence-electron chi connectivity index (χ4n) is 1.13. The van der Waals surface area contributed by atoms with Crippen LogP contribution in [0.4, 0.5) is 4.39 Å². The van der Waals surface area contributed by atoms with Crippen molar-refractivity contribution >= 4 is 5.97 Å². The van der Waals surface area contributed by atoms with Gasteiger partial charge in [-0.2, -0.15) is 5.10 Å². The lowest BCUT2D eigenvalue weighted by atomic mass is 10.2. The second-order valence-corrected chi connectivity index (χ2v) is 2.86. The van der Waals surface area contributed by atoms with Crippen LogP contribution in [0.15, 0.2) is 24.5 Å². The number of carbonyl (C=O) groups is 1. The van der Waals surface area contributed by atoms with Gasteiger partial charge in [-0.15, -0.1) is 0 Å². The molecule has 0 aliphatic heterocycles. The summed E-state index contributed by atoms with van der Waals surface area (Å²) in [6, 6.07) is 2.55. The number of hydrogen-bond acceptors (Lipinski definition) is 3. The number of aromatic nitrogens is 3. The molecule has 2 rings (SSSR count). The van der Waals surface area contributed by atoms with Crippen LogP contribution < -0.4 is 0 Å². The summed E-state index contributed by atoms with van der Waals surface area (Å²) in [5.74, 6) is -1.61. The Kier molecular flexibility index (Phi) is 2.17. The molecular weight excluding hydrogens is 201 g/mol. The molecule has 0 unspecified atom stereocenters. The van der Waals surface area contributed by atoms with E-state index in [-0.39, 0.29) is 5.69 Å². The first kappa shape index (κ1) is 9.32. The van der Waals surface area contributed by atoms with Gasteiger partial charge in [-0.05, 0) is 12.1 Å². The van der Waals surface area contributed by atoms with Crippen LogP contribution >= 0.6 is 0 Å².